The molecule has 0 saturated carbocycles. The van der Waals surface area contributed by atoms with E-state index in [1.807, 2.05) is 6.92 Å². The van der Waals surface area contributed by atoms with Crippen LogP contribution in [0, 0.1) is 0 Å². The molecule has 0 spiro atoms. The summed E-state index contributed by atoms with van der Waals surface area (Å²) in [6.45, 7) is 8.84. The van der Waals surface area contributed by atoms with Gasteiger partial charge in [-0.25, -0.2) is 0 Å². The summed E-state index contributed by atoms with van der Waals surface area (Å²) in [6.07, 6.45) is 9.87. The van der Waals surface area contributed by atoms with Gasteiger partial charge in [0.15, 0.2) is 0 Å². The summed E-state index contributed by atoms with van der Waals surface area (Å²) >= 11 is -0.839. The van der Waals surface area contributed by atoms with Gasteiger partial charge >= 0.3 is 98.3 Å². The van der Waals surface area contributed by atoms with Crippen LogP contribution in [-0.2, 0) is 4.79 Å². The monoisotopic (exact) mass is 379 g/mol. The van der Waals surface area contributed by atoms with Crippen LogP contribution in [0.4, 0.5) is 0 Å². The summed E-state index contributed by atoms with van der Waals surface area (Å²) in [5.74, 6) is -0.711. The molecule has 0 aliphatic heterocycles. The number of carboxylic acid groups (broad SMARTS) is 1. The first kappa shape index (κ1) is 21.6. The minimum atomic E-state index is -0.839. The molecule has 115 valence electrons. The van der Waals surface area contributed by atoms with Crippen LogP contribution in [0.1, 0.15) is 79.1 Å². The summed E-state index contributed by atoms with van der Waals surface area (Å²) in [6, 6.07) is 0. The molecule has 0 fully saturated rings. The Morgan fingerprint density at radius 2 is 1.16 bits per heavy atom. The summed E-state index contributed by atoms with van der Waals surface area (Å²) in [7, 11) is 0. The zero-order valence-electron chi connectivity index (χ0n) is 13.6. The molecule has 0 atom stereocenters. The summed E-state index contributed by atoms with van der Waals surface area (Å²) in [4.78, 5) is 9.60. The van der Waals surface area contributed by atoms with Crippen molar-refractivity contribution in [3.05, 3.63) is 0 Å². The normalized spacial score (nSPS) is 10.2. The molecule has 0 aromatic carbocycles. The molecular weight excluding hydrogens is 343 g/mol. The van der Waals surface area contributed by atoms with Gasteiger partial charge in [0.05, 0.1) is 0 Å². The number of unbranched alkanes of at least 4 members (excludes halogenated alkanes) is 3. The van der Waals surface area contributed by atoms with Crippen molar-refractivity contribution in [2.75, 3.05) is 0 Å². The second kappa shape index (κ2) is 18.3. The molecule has 0 saturated heterocycles. The number of carboxylic acids is 1. The van der Waals surface area contributed by atoms with Gasteiger partial charge in [-0.3, -0.25) is 4.79 Å². The van der Waals surface area contributed by atoms with Crippen LogP contribution >= 0.6 is 0 Å². The third kappa shape index (κ3) is 20.7. The van der Waals surface area contributed by atoms with Crippen LogP contribution in [0.3, 0.4) is 0 Å². The maximum atomic E-state index is 9.60. The summed E-state index contributed by atoms with van der Waals surface area (Å²) in [5.41, 5.74) is 0. The van der Waals surface area contributed by atoms with Crippen LogP contribution in [0.5, 0.6) is 0 Å². The second-order valence-corrected chi connectivity index (χ2v) is 13.8. The fourth-order valence-corrected chi connectivity index (χ4v) is 11.3. The zero-order chi connectivity index (χ0) is 14.9. The van der Waals surface area contributed by atoms with E-state index in [0.29, 0.717) is 6.42 Å². The van der Waals surface area contributed by atoms with Gasteiger partial charge in [0, 0.05) is 6.42 Å². The van der Waals surface area contributed by atoms with Gasteiger partial charge in [-0.05, 0) is 6.42 Å². The molecule has 1 N–H and O–H groups in total. The Hall–Kier alpha value is 0.269. The molecule has 0 aliphatic carbocycles. The molecule has 0 bridgehead atoms. The van der Waals surface area contributed by atoms with Crippen molar-refractivity contribution >= 4 is 25.7 Å². The number of carbonyl (C=O) groups is 1. The predicted molar refractivity (Wildman–Crippen MR) is 87.4 cm³/mol. The van der Waals surface area contributed by atoms with E-state index in [2.05, 4.69) is 20.8 Å². The molecule has 3 heteroatoms. The Morgan fingerprint density at radius 1 is 0.789 bits per heavy atom. The van der Waals surface area contributed by atoms with E-state index >= 15 is 0 Å². The third-order valence-corrected chi connectivity index (χ3v) is 12.2. The number of hydrogen-bond donors (Lipinski definition) is 1. The topological polar surface area (TPSA) is 37.3 Å². The Labute approximate surface area is 128 Å². The van der Waals surface area contributed by atoms with Gasteiger partial charge in [0.1, 0.15) is 0 Å². The number of rotatable bonds is 11. The molecule has 19 heavy (non-hydrogen) atoms. The van der Waals surface area contributed by atoms with E-state index in [-0.39, 0.29) is 0 Å². The Morgan fingerprint density at radius 3 is 1.32 bits per heavy atom. The number of hydrogen-bond acceptors (Lipinski definition) is 1. The summed E-state index contributed by atoms with van der Waals surface area (Å²) in [5, 5.41) is 7.91. The van der Waals surface area contributed by atoms with Crippen LogP contribution < -0.4 is 0 Å². The molecule has 0 rings (SSSR count). The molecule has 2 nitrogen and oxygen atoms in total. The van der Waals surface area contributed by atoms with E-state index in [0.717, 1.165) is 6.42 Å². The fourth-order valence-electron chi connectivity index (χ4n) is 1.87. The van der Waals surface area contributed by atoms with Crippen LogP contribution in [0.15, 0.2) is 0 Å². The summed E-state index contributed by atoms with van der Waals surface area (Å²) < 4.78 is 5.04. The van der Waals surface area contributed by atoms with Gasteiger partial charge < -0.3 is 5.11 Å². The van der Waals surface area contributed by atoms with Crippen molar-refractivity contribution in [2.24, 2.45) is 0 Å². The van der Waals surface area contributed by atoms with Crippen LogP contribution in [0.2, 0.25) is 13.3 Å². The van der Waals surface area contributed by atoms with Gasteiger partial charge in [0.2, 0.25) is 0 Å². The van der Waals surface area contributed by atoms with Gasteiger partial charge in [-0.15, -0.1) is 0 Å². The van der Waals surface area contributed by atoms with Crippen molar-refractivity contribution in [2.45, 2.75) is 92.4 Å². The molecular formula is C16H35O2Sn. The molecule has 0 unspecified atom stereocenters. The molecule has 0 heterocycles. The Kier molecular flexibility index (Phi) is 20.7. The predicted octanol–water partition coefficient (Wildman–Crippen LogP) is 5.75. The molecule has 1 radical (unpaired) electrons. The molecule has 0 aromatic heterocycles. The SMILES string of the molecule is CCCC(=O)O.CCC[CH2][Sn]([CH2]CCC)[CH2]CCC. The third-order valence-electron chi connectivity index (χ3n) is 3.12. The zero-order valence-corrected chi connectivity index (χ0v) is 16.5. The van der Waals surface area contributed by atoms with E-state index < -0.39 is 25.7 Å². The molecule has 0 aromatic rings. The molecule has 0 aliphatic rings. The van der Waals surface area contributed by atoms with Crippen molar-refractivity contribution < 1.29 is 9.90 Å². The first-order chi connectivity index (χ1) is 9.12. The number of aliphatic carboxylic acids is 1. The van der Waals surface area contributed by atoms with Crippen molar-refractivity contribution in [1.29, 1.82) is 0 Å². The molecule has 0 amide bonds. The van der Waals surface area contributed by atoms with E-state index in [4.69, 9.17) is 5.11 Å². The first-order valence-corrected chi connectivity index (χ1v) is 14.2. The average molecular weight is 378 g/mol. The van der Waals surface area contributed by atoms with E-state index in [1.54, 1.807) is 13.3 Å². The standard InChI is InChI=1S/C4H8O2.3C4H9.Sn/c1-2-3-4(5)6;3*1-3-4-2;/h2-3H2,1H3,(H,5,6);3*1,3-4H2,2H3;. The van der Waals surface area contributed by atoms with Crippen molar-refractivity contribution in [1.82, 2.24) is 0 Å². The van der Waals surface area contributed by atoms with Gasteiger partial charge in [-0.1, -0.05) is 6.92 Å². The van der Waals surface area contributed by atoms with Gasteiger partial charge in [-0.2, -0.15) is 0 Å². The second-order valence-electron chi connectivity index (χ2n) is 5.20. The van der Waals surface area contributed by atoms with Crippen LogP contribution in [-0.4, -0.2) is 30.8 Å². The minimum absolute atomic E-state index is 0.292. The first-order valence-electron chi connectivity index (χ1n) is 8.17. The van der Waals surface area contributed by atoms with Crippen molar-refractivity contribution in [3.8, 4) is 0 Å². The van der Waals surface area contributed by atoms with Crippen molar-refractivity contribution in [3.63, 3.8) is 0 Å². The van der Waals surface area contributed by atoms with E-state index in [9.17, 15) is 4.79 Å². The Balaban J connectivity index is 0. The van der Waals surface area contributed by atoms with Gasteiger partial charge in [0.25, 0.3) is 0 Å². The Bertz CT molecular complexity index is 165. The fraction of sp³-hybridized carbons (Fsp3) is 0.938. The average Bonchev–Trinajstić information content (AvgIpc) is 2.38. The maximum absolute atomic E-state index is 9.60. The quantitative estimate of drug-likeness (QED) is 0.465. The van der Waals surface area contributed by atoms with E-state index in [1.165, 1.54) is 38.5 Å². The van der Waals surface area contributed by atoms with Crippen LogP contribution in [0.25, 0.3) is 0 Å².